The van der Waals surface area contributed by atoms with Gasteiger partial charge in [-0.1, -0.05) is 31.0 Å². The number of rotatable bonds is 8. The van der Waals surface area contributed by atoms with Gasteiger partial charge >= 0.3 is 0 Å². The van der Waals surface area contributed by atoms with Crippen LogP contribution in [0.25, 0.3) is 0 Å². The van der Waals surface area contributed by atoms with E-state index in [1.165, 1.54) is 0 Å². The van der Waals surface area contributed by atoms with E-state index in [0.29, 0.717) is 13.0 Å². The molecule has 1 aromatic carbocycles. The average Bonchev–Trinajstić information content (AvgIpc) is 2.93. The lowest BCUT2D eigenvalue weighted by molar-refractivity contribution is -0.132. The highest BCUT2D eigenvalue weighted by molar-refractivity contribution is 7.91. The number of amides is 1. The molecule has 1 aliphatic heterocycles. The lowest BCUT2D eigenvalue weighted by Crippen LogP contribution is -2.42. The summed E-state index contributed by atoms with van der Waals surface area (Å²) in [6.45, 7) is 4.34. The molecule has 0 N–H and O–H groups in total. The van der Waals surface area contributed by atoms with Crippen LogP contribution >= 0.6 is 0 Å². The van der Waals surface area contributed by atoms with Crippen LogP contribution in [0.3, 0.4) is 0 Å². The van der Waals surface area contributed by atoms with Crippen molar-refractivity contribution in [3.05, 3.63) is 29.8 Å². The van der Waals surface area contributed by atoms with Gasteiger partial charge in [-0.3, -0.25) is 4.79 Å². The molecule has 0 spiro atoms. The second kappa shape index (κ2) is 8.52. The molecule has 0 bridgehead atoms. The zero-order chi connectivity index (χ0) is 19.4. The second-order valence-corrected chi connectivity index (χ2v) is 11.2. The zero-order valence-electron chi connectivity index (χ0n) is 15.3. The van der Waals surface area contributed by atoms with E-state index < -0.39 is 19.7 Å². The van der Waals surface area contributed by atoms with E-state index in [2.05, 4.69) is 0 Å². The van der Waals surface area contributed by atoms with Crippen molar-refractivity contribution in [2.24, 2.45) is 0 Å². The molecule has 1 heterocycles. The molecule has 6 nitrogen and oxygen atoms in total. The van der Waals surface area contributed by atoms with Crippen LogP contribution in [-0.4, -0.2) is 57.5 Å². The maximum atomic E-state index is 12.6. The number of carbonyl (C=O) groups is 1. The van der Waals surface area contributed by atoms with Crippen molar-refractivity contribution in [3.63, 3.8) is 0 Å². The van der Waals surface area contributed by atoms with Crippen molar-refractivity contribution in [2.45, 2.75) is 50.5 Å². The maximum absolute atomic E-state index is 12.6. The molecule has 1 saturated heterocycles. The Hall–Kier alpha value is -1.41. The summed E-state index contributed by atoms with van der Waals surface area (Å²) in [5, 5.41) is 0. The largest absolute Gasteiger partial charge is 0.339 e. The van der Waals surface area contributed by atoms with Gasteiger partial charge < -0.3 is 4.90 Å². The van der Waals surface area contributed by atoms with Crippen LogP contribution in [0, 0.1) is 6.92 Å². The van der Waals surface area contributed by atoms with Crippen LogP contribution in [0.4, 0.5) is 0 Å². The lowest BCUT2D eigenvalue weighted by Gasteiger charge is -2.28. The molecular formula is C18H27NO5S2. The Morgan fingerprint density at radius 3 is 2.42 bits per heavy atom. The molecule has 0 aliphatic carbocycles. The highest BCUT2D eigenvalue weighted by Gasteiger charge is 2.34. The normalized spacial score (nSPS) is 19.4. The van der Waals surface area contributed by atoms with Gasteiger partial charge in [-0.15, -0.1) is 0 Å². The predicted molar refractivity (Wildman–Crippen MR) is 102 cm³/mol. The quantitative estimate of drug-likeness (QED) is 0.664. The highest BCUT2D eigenvalue weighted by atomic mass is 32.2. The molecule has 26 heavy (non-hydrogen) atoms. The average molecular weight is 402 g/mol. The van der Waals surface area contributed by atoms with Gasteiger partial charge in [-0.05, 0) is 31.9 Å². The fraction of sp³-hybridized carbons (Fsp3) is 0.611. The van der Waals surface area contributed by atoms with Gasteiger partial charge in [0.05, 0.1) is 22.2 Å². The van der Waals surface area contributed by atoms with Crippen molar-refractivity contribution >= 4 is 25.6 Å². The van der Waals surface area contributed by atoms with Gasteiger partial charge in [0.2, 0.25) is 5.91 Å². The number of unbranched alkanes of at least 4 members (excludes halogenated alkanes) is 1. The first kappa shape index (κ1) is 20.9. The molecule has 146 valence electrons. The molecule has 0 aromatic heterocycles. The number of nitrogens with zero attached hydrogens (tertiary/aromatic N) is 1. The van der Waals surface area contributed by atoms with Crippen LogP contribution in [0.5, 0.6) is 0 Å². The van der Waals surface area contributed by atoms with E-state index in [0.717, 1.165) is 18.4 Å². The van der Waals surface area contributed by atoms with Crippen molar-refractivity contribution < 1.29 is 21.6 Å². The predicted octanol–water partition coefficient (Wildman–Crippen LogP) is 1.97. The molecule has 0 saturated carbocycles. The van der Waals surface area contributed by atoms with E-state index in [-0.39, 0.29) is 40.5 Å². The number of hydrogen-bond acceptors (Lipinski definition) is 5. The van der Waals surface area contributed by atoms with Crippen molar-refractivity contribution in [2.75, 3.05) is 23.8 Å². The monoisotopic (exact) mass is 401 g/mol. The Kier molecular flexibility index (Phi) is 6.85. The molecule has 1 amide bonds. The lowest BCUT2D eigenvalue weighted by atomic mass is 10.2. The van der Waals surface area contributed by atoms with Crippen LogP contribution in [0.15, 0.2) is 29.2 Å². The fourth-order valence-corrected chi connectivity index (χ4v) is 6.05. The Balaban J connectivity index is 2.05. The molecule has 2 rings (SSSR count). The molecule has 1 aromatic rings. The molecule has 8 heteroatoms. The number of aryl methyl sites for hydroxylation is 1. The van der Waals surface area contributed by atoms with Gasteiger partial charge in [-0.25, -0.2) is 16.8 Å². The minimum absolute atomic E-state index is 0.0207. The van der Waals surface area contributed by atoms with Gasteiger partial charge in [0, 0.05) is 19.0 Å². The van der Waals surface area contributed by atoms with Crippen molar-refractivity contribution in [3.8, 4) is 0 Å². The summed E-state index contributed by atoms with van der Waals surface area (Å²) >= 11 is 0. The van der Waals surface area contributed by atoms with Gasteiger partial charge in [-0.2, -0.15) is 0 Å². The Bertz CT molecular complexity index is 829. The van der Waals surface area contributed by atoms with Crippen LogP contribution < -0.4 is 0 Å². The van der Waals surface area contributed by atoms with E-state index >= 15 is 0 Å². The minimum atomic E-state index is -3.54. The summed E-state index contributed by atoms with van der Waals surface area (Å²) in [7, 11) is -6.64. The molecule has 1 aliphatic rings. The van der Waals surface area contributed by atoms with Crippen LogP contribution in [0.1, 0.15) is 38.2 Å². The van der Waals surface area contributed by atoms with Gasteiger partial charge in [0.15, 0.2) is 19.7 Å². The van der Waals surface area contributed by atoms with E-state index in [9.17, 15) is 21.6 Å². The smallest absolute Gasteiger partial charge is 0.223 e. The topological polar surface area (TPSA) is 88.6 Å². The maximum Gasteiger partial charge on any atom is 0.223 e. The third-order valence-electron chi connectivity index (χ3n) is 4.69. The molecule has 1 unspecified atom stereocenters. The van der Waals surface area contributed by atoms with E-state index in [1.54, 1.807) is 29.2 Å². The summed E-state index contributed by atoms with van der Waals surface area (Å²) in [6, 6.07) is 6.22. The summed E-state index contributed by atoms with van der Waals surface area (Å²) in [6.07, 6.45) is 1.96. The van der Waals surface area contributed by atoms with Crippen molar-refractivity contribution in [1.82, 2.24) is 4.90 Å². The number of benzene rings is 1. The Labute approximate surface area is 156 Å². The summed E-state index contributed by atoms with van der Waals surface area (Å²) < 4.78 is 48.4. The van der Waals surface area contributed by atoms with E-state index in [4.69, 9.17) is 0 Å². The molecular weight excluding hydrogens is 374 g/mol. The van der Waals surface area contributed by atoms with E-state index in [1.807, 2.05) is 13.8 Å². The summed E-state index contributed by atoms with van der Waals surface area (Å²) in [5.41, 5.74) is 0.966. The second-order valence-electron chi connectivity index (χ2n) is 6.88. The fourth-order valence-electron chi connectivity index (χ4n) is 3.09. The zero-order valence-corrected chi connectivity index (χ0v) is 17.0. The first-order valence-corrected chi connectivity index (χ1v) is 12.4. The number of sulfone groups is 2. The van der Waals surface area contributed by atoms with Gasteiger partial charge in [0.25, 0.3) is 0 Å². The first-order chi connectivity index (χ1) is 12.1. The summed E-state index contributed by atoms with van der Waals surface area (Å²) in [5.74, 6) is -0.476. The summed E-state index contributed by atoms with van der Waals surface area (Å²) in [4.78, 5) is 14.4. The molecule has 0 radical (unpaired) electrons. The van der Waals surface area contributed by atoms with Crippen LogP contribution in [0.2, 0.25) is 0 Å². The molecule has 1 atom stereocenters. The molecule has 1 fully saturated rings. The van der Waals surface area contributed by atoms with Gasteiger partial charge in [0.1, 0.15) is 0 Å². The highest BCUT2D eigenvalue weighted by Crippen LogP contribution is 2.20. The first-order valence-electron chi connectivity index (χ1n) is 8.94. The minimum Gasteiger partial charge on any atom is -0.339 e. The SMILES string of the molecule is CCCCN(C(=O)CCS(=O)(=O)c1ccc(C)cc1)C1CCS(=O)(=O)C1. The number of carbonyl (C=O) groups excluding carboxylic acids is 1. The Morgan fingerprint density at radius 2 is 1.88 bits per heavy atom. The number of hydrogen-bond donors (Lipinski definition) is 0. The van der Waals surface area contributed by atoms with Crippen molar-refractivity contribution in [1.29, 1.82) is 0 Å². The van der Waals surface area contributed by atoms with Crippen LogP contribution in [-0.2, 0) is 24.5 Å². The third kappa shape index (κ3) is 5.54. The third-order valence-corrected chi connectivity index (χ3v) is 8.17. The standard InChI is InChI=1S/C18H27NO5S2/c1-3-4-11-19(16-9-12-25(21,22)14-16)18(20)10-13-26(23,24)17-7-5-15(2)6-8-17/h5-8,16H,3-4,9-14H2,1-2H3. The Morgan fingerprint density at radius 1 is 1.23 bits per heavy atom.